The molecule has 180 valence electrons. The SMILES string of the molecule is CCN(C(=O)[C@@H]1CCC[C@@H]1NC(=O)OCC1c2ccccc2-c2ccccc21)C(C)(C)C(=O)O. The Bertz CT molecular complexity index is 1050. The molecule has 2 aromatic rings. The molecule has 1 fully saturated rings. The fourth-order valence-electron chi connectivity index (χ4n) is 5.36. The van der Waals surface area contributed by atoms with Gasteiger partial charge in [0.2, 0.25) is 5.91 Å². The number of rotatable bonds is 7. The predicted molar refractivity (Wildman–Crippen MR) is 128 cm³/mol. The van der Waals surface area contributed by atoms with Crippen molar-refractivity contribution in [3.05, 3.63) is 59.7 Å². The number of hydrogen-bond donors (Lipinski definition) is 2. The molecule has 0 unspecified atom stereocenters. The van der Waals surface area contributed by atoms with Crippen LogP contribution in [0.15, 0.2) is 48.5 Å². The lowest BCUT2D eigenvalue weighted by Gasteiger charge is -2.37. The molecule has 0 aromatic heterocycles. The Balaban J connectivity index is 1.41. The first-order valence-electron chi connectivity index (χ1n) is 11.9. The van der Waals surface area contributed by atoms with Crippen molar-refractivity contribution in [1.29, 1.82) is 0 Å². The van der Waals surface area contributed by atoms with Crippen molar-refractivity contribution < 1.29 is 24.2 Å². The Hall–Kier alpha value is -3.35. The largest absolute Gasteiger partial charge is 0.480 e. The van der Waals surface area contributed by atoms with Gasteiger partial charge in [-0.05, 0) is 55.9 Å². The van der Waals surface area contributed by atoms with Crippen LogP contribution in [0.5, 0.6) is 0 Å². The number of ether oxygens (including phenoxy) is 1. The van der Waals surface area contributed by atoms with Crippen LogP contribution >= 0.6 is 0 Å². The van der Waals surface area contributed by atoms with E-state index in [1.807, 2.05) is 24.3 Å². The van der Waals surface area contributed by atoms with Gasteiger partial charge in [-0.1, -0.05) is 55.0 Å². The van der Waals surface area contributed by atoms with Gasteiger partial charge in [-0.3, -0.25) is 4.79 Å². The summed E-state index contributed by atoms with van der Waals surface area (Å²) in [6.07, 6.45) is 1.51. The highest BCUT2D eigenvalue weighted by atomic mass is 16.5. The van der Waals surface area contributed by atoms with Crippen LogP contribution in [0.25, 0.3) is 11.1 Å². The number of nitrogens with zero attached hydrogens (tertiary/aromatic N) is 1. The Morgan fingerprint density at radius 1 is 1.03 bits per heavy atom. The fourth-order valence-corrected chi connectivity index (χ4v) is 5.36. The first-order chi connectivity index (χ1) is 16.3. The summed E-state index contributed by atoms with van der Waals surface area (Å²) >= 11 is 0. The smallest absolute Gasteiger partial charge is 0.407 e. The first-order valence-corrected chi connectivity index (χ1v) is 11.9. The van der Waals surface area contributed by atoms with Crippen molar-refractivity contribution in [1.82, 2.24) is 10.2 Å². The molecule has 2 atom stereocenters. The van der Waals surface area contributed by atoms with Crippen LogP contribution in [0.2, 0.25) is 0 Å². The molecule has 7 nitrogen and oxygen atoms in total. The number of benzene rings is 2. The molecule has 4 rings (SSSR count). The van der Waals surface area contributed by atoms with E-state index in [4.69, 9.17) is 4.74 Å². The van der Waals surface area contributed by atoms with Crippen molar-refractivity contribution in [2.75, 3.05) is 13.2 Å². The Morgan fingerprint density at radius 3 is 2.18 bits per heavy atom. The molecule has 7 heteroatoms. The number of carbonyl (C=O) groups is 3. The maximum absolute atomic E-state index is 13.2. The molecule has 34 heavy (non-hydrogen) atoms. The molecule has 2 aliphatic carbocycles. The van der Waals surface area contributed by atoms with Crippen LogP contribution in [-0.4, -0.2) is 52.7 Å². The molecule has 0 aliphatic heterocycles. The monoisotopic (exact) mass is 464 g/mol. The number of alkyl carbamates (subject to hydrolysis) is 1. The fraction of sp³-hybridized carbons (Fsp3) is 0.444. The highest BCUT2D eigenvalue weighted by molar-refractivity contribution is 5.88. The van der Waals surface area contributed by atoms with Gasteiger partial charge in [-0.15, -0.1) is 0 Å². The molecule has 0 saturated heterocycles. The minimum absolute atomic E-state index is 0.0360. The third-order valence-electron chi connectivity index (χ3n) is 7.26. The molecule has 2 N–H and O–H groups in total. The van der Waals surface area contributed by atoms with Gasteiger partial charge < -0.3 is 20.1 Å². The number of carboxylic acid groups (broad SMARTS) is 1. The minimum Gasteiger partial charge on any atom is -0.480 e. The molecule has 2 aliphatic rings. The summed E-state index contributed by atoms with van der Waals surface area (Å²) in [5.74, 6) is -1.79. The summed E-state index contributed by atoms with van der Waals surface area (Å²) in [4.78, 5) is 39.1. The average molecular weight is 465 g/mol. The highest BCUT2D eigenvalue weighted by Gasteiger charge is 2.43. The molecule has 0 spiro atoms. The lowest BCUT2D eigenvalue weighted by atomic mass is 9.96. The topological polar surface area (TPSA) is 95.9 Å². The van der Waals surface area contributed by atoms with Crippen molar-refractivity contribution in [3.63, 3.8) is 0 Å². The van der Waals surface area contributed by atoms with Gasteiger partial charge in [0.1, 0.15) is 12.1 Å². The van der Waals surface area contributed by atoms with E-state index in [2.05, 4.69) is 29.6 Å². The summed E-state index contributed by atoms with van der Waals surface area (Å²) in [6, 6.07) is 15.9. The maximum atomic E-state index is 13.2. The number of carboxylic acids is 1. The van der Waals surface area contributed by atoms with Crippen molar-refractivity contribution in [2.45, 2.75) is 57.5 Å². The van der Waals surface area contributed by atoms with Gasteiger partial charge in [-0.2, -0.15) is 0 Å². The highest BCUT2D eigenvalue weighted by Crippen LogP contribution is 2.44. The van der Waals surface area contributed by atoms with E-state index in [1.54, 1.807) is 6.92 Å². The Morgan fingerprint density at radius 2 is 1.62 bits per heavy atom. The quantitative estimate of drug-likeness (QED) is 0.633. The van der Waals surface area contributed by atoms with E-state index in [0.717, 1.165) is 28.7 Å². The number of amides is 2. The van der Waals surface area contributed by atoms with Crippen LogP contribution in [0.4, 0.5) is 4.79 Å². The standard InChI is InChI=1S/C27H32N2O5/c1-4-29(27(2,3)25(31)32)24(30)21-14-9-15-23(21)28-26(33)34-16-22-19-12-7-5-10-17(19)18-11-6-8-13-20(18)22/h5-8,10-13,21-23H,4,9,14-16H2,1-3H3,(H,28,33)(H,31,32)/t21-,23+/m1/s1. The van der Waals surface area contributed by atoms with Gasteiger partial charge in [0.05, 0.1) is 5.92 Å². The molecule has 2 aromatic carbocycles. The lowest BCUT2D eigenvalue weighted by Crippen LogP contribution is -2.56. The molecule has 0 heterocycles. The third kappa shape index (κ3) is 4.27. The maximum Gasteiger partial charge on any atom is 0.407 e. The van der Waals surface area contributed by atoms with E-state index >= 15 is 0 Å². The van der Waals surface area contributed by atoms with E-state index in [-0.39, 0.29) is 31.0 Å². The Labute approximate surface area is 200 Å². The summed E-state index contributed by atoms with van der Waals surface area (Å²) < 4.78 is 5.65. The number of carbonyl (C=O) groups excluding carboxylic acids is 2. The minimum atomic E-state index is -1.32. The zero-order valence-electron chi connectivity index (χ0n) is 19.9. The van der Waals surface area contributed by atoms with E-state index in [0.29, 0.717) is 12.8 Å². The van der Waals surface area contributed by atoms with Gasteiger partial charge in [0.15, 0.2) is 0 Å². The van der Waals surface area contributed by atoms with Crippen molar-refractivity contribution in [2.24, 2.45) is 5.92 Å². The second kappa shape index (κ2) is 9.49. The van der Waals surface area contributed by atoms with Crippen molar-refractivity contribution >= 4 is 18.0 Å². The predicted octanol–water partition coefficient (Wildman–Crippen LogP) is 4.41. The van der Waals surface area contributed by atoms with Crippen LogP contribution in [0, 0.1) is 5.92 Å². The van der Waals surface area contributed by atoms with Gasteiger partial charge >= 0.3 is 12.1 Å². The zero-order valence-corrected chi connectivity index (χ0v) is 19.9. The number of likely N-dealkylation sites (N-methyl/N-ethyl adjacent to an activating group) is 1. The second-order valence-electron chi connectivity index (χ2n) is 9.56. The normalized spacial score (nSPS) is 19.3. The van der Waals surface area contributed by atoms with Crippen LogP contribution in [0.3, 0.4) is 0 Å². The summed E-state index contributed by atoms with van der Waals surface area (Å²) in [5.41, 5.74) is 3.28. The van der Waals surface area contributed by atoms with E-state index in [1.165, 1.54) is 18.7 Å². The summed E-state index contributed by atoms with van der Waals surface area (Å²) in [5, 5.41) is 12.5. The van der Waals surface area contributed by atoms with Gasteiger partial charge in [0.25, 0.3) is 0 Å². The van der Waals surface area contributed by atoms with E-state index in [9.17, 15) is 19.5 Å². The number of hydrogen-bond acceptors (Lipinski definition) is 4. The van der Waals surface area contributed by atoms with Crippen molar-refractivity contribution in [3.8, 4) is 11.1 Å². The van der Waals surface area contributed by atoms with Crippen LogP contribution < -0.4 is 5.32 Å². The molecule has 0 bridgehead atoms. The number of nitrogens with one attached hydrogen (secondary N) is 1. The third-order valence-corrected chi connectivity index (χ3v) is 7.26. The lowest BCUT2D eigenvalue weighted by molar-refractivity contribution is -0.158. The van der Waals surface area contributed by atoms with Crippen LogP contribution in [-0.2, 0) is 14.3 Å². The summed E-state index contributed by atoms with van der Waals surface area (Å²) in [6.45, 7) is 5.31. The summed E-state index contributed by atoms with van der Waals surface area (Å²) in [7, 11) is 0. The van der Waals surface area contributed by atoms with E-state index < -0.39 is 23.5 Å². The Kier molecular flexibility index (Phi) is 6.64. The van der Waals surface area contributed by atoms with Crippen LogP contribution in [0.1, 0.15) is 57.1 Å². The molecule has 2 amide bonds. The number of aliphatic carboxylic acids is 1. The van der Waals surface area contributed by atoms with Gasteiger partial charge in [-0.25, -0.2) is 9.59 Å². The second-order valence-corrected chi connectivity index (χ2v) is 9.56. The first kappa shape index (κ1) is 23.8. The molecular formula is C27H32N2O5. The molecule has 1 saturated carbocycles. The molecule has 0 radical (unpaired) electrons. The number of fused-ring (bicyclic) bond motifs is 3. The van der Waals surface area contributed by atoms with Gasteiger partial charge in [0, 0.05) is 18.5 Å². The zero-order chi connectivity index (χ0) is 24.5. The average Bonchev–Trinajstić information content (AvgIpc) is 3.40. The molecular weight excluding hydrogens is 432 g/mol.